The van der Waals surface area contributed by atoms with Crippen LogP contribution in [-0.4, -0.2) is 37.6 Å². The SMILES string of the molecule is Cc1nc(C)c(C(=O)NCc2cn3ncc(CNC(=O)CCC(F)(F)F)cc3n2)o1. The van der Waals surface area contributed by atoms with Crippen LogP contribution in [0.1, 0.15) is 46.2 Å². The summed E-state index contributed by atoms with van der Waals surface area (Å²) >= 11 is 0. The van der Waals surface area contributed by atoms with E-state index in [0.29, 0.717) is 28.5 Å². The summed E-state index contributed by atoms with van der Waals surface area (Å²) in [6.07, 6.45) is -3.07. The maximum absolute atomic E-state index is 12.2. The second kappa shape index (κ2) is 8.51. The highest BCUT2D eigenvalue weighted by Gasteiger charge is 2.27. The van der Waals surface area contributed by atoms with Crippen molar-refractivity contribution in [1.82, 2.24) is 30.2 Å². The fourth-order valence-corrected chi connectivity index (χ4v) is 2.68. The van der Waals surface area contributed by atoms with Gasteiger partial charge in [0.05, 0.1) is 36.7 Å². The van der Waals surface area contributed by atoms with E-state index in [0.717, 1.165) is 0 Å². The molecule has 0 radical (unpaired) electrons. The molecule has 3 aromatic heterocycles. The monoisotopic (exact) mass is 424 g/mol. The van der Waals surface area contributed by atoms with Crippen LogP contribution < -0.4 is 10.6 Å². The lowest BCUT2D eigenvalue weighted by Gasteiger charge is -2.07. The molecular weight excluding hydrogens is 405 g/mol. The minimum atomic E-state index is -4.37. The zero-order valence-corrected chi connectivity index (χ0v) is 16.2. The first kappa shape index (κ1) is 21.3. The highest BCUT2D eigenvalue weighted by molar-refractivity contribution is 5.92. The number of alkyl halides is 3. The zero-order chi connectivity index (χ0) is 21.9. The van der Waals surface area contributed by atoms with Crippen LogP contribution >= 0.6 is 0 Å². The summed E-state index contributed by atoms with van der Waals surface area (Å²) in [4.78, 5) is 32.1. The van der Waals surface area contributed by atoms with E-state index in [1.807, 2.05) is 0 Å². The summed E-state index contributed by atoms with van der Waals surface area (Å²) < 4.78 is 43.2. The molecule has 0 spiro atoms. The Bertz CT molecular complexity index is 1070. The van der Waals surface area contributed by atoms with E-state index >= 15 is 0 Å². The summed E-state index contributed by atoms with van der Waals surface area (Å²) in [5.74, 6) is -0.581. The molecule has 0 aromatic carbocycles. The molecule has 30 heavy (non-hydrogen) atoms. The second-order valence-electron chi connectivity index (χ2n) is 6.62. The van der Waals surface area contributed by atoms with E-state index < -0.39 is 30.8 Å². The van der Waals surface area contributed by atoms with E-state index in [4.69, 9.17) is 4.42 Å². The van der Waals surface area contributed by atoms with Crippen molar-refractivity contribution in [2.45, 2.75) is 46.0 Å². The molecule has 0 aliphatic heterocycles. The molecular formula is C18H19F3N6O3. The highest BCUT2D eigenvalue weighted by Crippen LogP contribution is 2.21. The molecule has 0 saturated carbocycles. The topological polar surface area (TPSA) is 114 Å². The van der Waals surface area contributed by atoms with Gasteiger partial charge in [0.1, 0.15) is 0 Å². The molecule has 0 atom stereocenters. The molecule has 0 aliphatic rings. The van der Waals surface area contributed by atoms with Crippen LogP contribution in [0.15, 0.2) is 22.9 Å². The molecule has 0 saturated heterocycles. The Labute approximate surface area is 168 Å². The summed E-state index contributed by atoms with van der Waals surface area (Å²) in [7, 11) is 0. The summed E-state index contributed by atoms with van der Waals surface area (Å²) in [5, 5.41) is 9.25. The average Bonchev–Trinajstić information content (AvgIpc) is 3.23. The van der Waals surface area contributed by atoms with Crippen molar-refractivity contribution in [3.63, 3.8) is 0 Å². The van der Waals surface area contributed by atoms with Gasteiger partial charge in [-0.25, -0.2) is 14.5 Å². The molecule has 0 bridgehead atoms. The standard InChI is InChI=1S/C18H19F3N6O3/c1-10-16(30-11(2)25-10)17(29)23-8-13-9-27-14(26-13)5-12(7-24-27)6-22-15(28)3-4-18(19,20)21/h5,7,9H,3-4,6,8H2,1-2H3,(H,22,28)(H,23,29). The number of rotatable bonds is 7. The van der Waals surface area contributed by atoms with E-state index in [9.17, 15) is 22.8 Å². The third-order valence-electron chi connectivity index (χ3n) is 4.09. The van der Waals surface area contributed by atoms with Crippen molar-refractivity contribution in [2.24, 2.45) is 0 Å². The van der Waals surface area contributed by atoms with E-state index in [1.54, 1.807) is 26.1 Å². The Hall–Kier alpha value is -3.44. The number of halogens is 3. The average molecular weight is 424 g/mol. The predicted molar refractivity (Wildman–Crippen MR) is 97.3 cm³/mol. The number of hydrogen-bond acceptors (Lipinski definition) is 6. The number of nitrogens with zero attached hydrogens (tertiary/aromatic N) is 4. The van der Waals surface area contributed by atoms with Crippen molar-refractivity contribution in [3.8, 4) is 0 Å². The van der Waals surface area contributed by atoms with Crippen LogP contribution in [0, 0.1) is 13.8 Å². The number of fused-ring (bicyclic) bond motifs is 1. The Morgan fingerprint density at radius 2 is 1.93 bits per heavy atom. The first-order valence-corrected chi connectivity index (χ1v) is 8.99. The van der Waals surface area contributed by atoms with Gasteiger partial charge in [0.25, 0.3) is 5.91 Å². The third kappa shape index (κ3) is 5.55. The van der Waals surface area contributed by atoms with Gasteiger partial charge in [0.15, 0.2) is 11.5 Å². The maximum atomic E-state index is 12.2. The molecule has 3 rings (SSSR count). The lowest BCUT2D eigenvalue weighted by atomic mass is 10.2. The van der Waals surface area contributed by atoms with Gasteiger partial charge in [-0.3, -0.25) is 9.59 Å². The van der Waals surface area contributed by atoms with Crippen molar-refractivity contribution < 1.29 is 27.2 Å². The molecule has 0 unspecified atom stereocenters. The Morgan fingerprint density at radius 3 is 2.60 bits per heavy atom. The van der Waals surface area contributed by atoms with Crippen LogP contribution in [0.5, 0.6) is 0 Å². The molecule has 2 N–H and O–H groups in total. The number of carbonyl (C=O) groups excluding carboxylic acids is 2. The fourth-order valence-electron chi connectivity index (χ4n) is 2.68. The van der Waals surface area contributed by atoms with E-state index in [2.05, 4.69) is 25.7 Å². The van der Waals surface area contributed by atoms with Crippen LogP contribution in [0.4, 0.5) is 13.2 Å². The van der Waals surface area contributed by atoms with Crippen LogP contribution in [0.2, 0.25) is 0 Å². The molecule has 12 heteroatoms. The van der Waals surface area contributed by atoms with Gasteiger partial charge in [-0.15, -0.1) is 0 Å². The minimum absolute atomic E-state index is 0.0310. The number of aromatic nitrogens is 4. The zero-order valence-electron chi connectivity index (χ0n) is 16.2. The third-order valence-corrected chi connectivity index (χ3v) is 4.09. The number of amides is 2. The predicted octanol–water partition coefficient (Wildman–Crippen LogP) is 2.22. The fraction of sp³-hybridized carbons (Fsp3) is 0.389. The van der Waals surface area contributed by atoms with E-state index in [-0.39, 0.29) is 18.8 Å². The van der Waals surface area contributed by atoms with Gasteiger partial charge < -0.3 is 15.1 Å². The van der Waals surface area contributed by atoms with Crippen molar-refractivity contribution >= 4 is 17.5 Å². The normalized spacial score (nSPS) is 11.6. The van der Waals surface area contributed by atoms with Gasteiger partial charge >= 0.3 is 6.18 Å². The van der Waals surface area contributed by atoms with Gasteiger partial charge in [-0.05, 0) is 18.6 Å². The van der Waals surface area contributed by atoms with Crippen molar-refractivity contribution in [2.75, 3.05) is 0 Å². The molecule has 0 fully saturated rings. The molecule has 9 nitrogen and oxygen atoms in total. The number of aryl methyl sites for hydroxylation is 2. The lowest BCUT2D eigenvalue weighted by Crippen LogP contribution is -2.24. The smallest absolute Gasteiger partial charge is 0.389 e. The molecule has 3 aromatic rings. The van der Waals surface area contributed by atoms with Crippen LogP contribution in [0.25, 0.3) is 5.65 Å². The number of carbonyl (C=O) groups is 2. The second-order valence-corrected chi connectivity index (χ2v) is 6.62. The molecule has 3 heterocycles. The maximum Gasteiger partial charge on any atom is 0.389 e. The van der Waals surface area contributed by atoms with Gasteiger partial charge in [-0.2, -0.15) is 18.3 Å². The molecule has 160 valence electrons. The van der Waals surface area contributed by atoms with E-state index in [1.165, 1.54) is 10.7 Å². The van der Waals surface area contributed by atoms with Crippen LogP contribution in [-0.2, 0) is 17.9 Å². The van der Waals surface area contributed by atoms with Gasteiger partial charge in [0, 0.05) is 19.9 Å². The largest absolute Gasteiger partial charge is 0.436 e. The summed E-state index contributed by atoms with van der Waals surface area (Å²) in [6.45, 7) is 3.48. The number of imidazole rings is 1. The van der Waals surface area contributed by atoms with Crippen molar-refractivity contribution in [1.29, 1.82) is 0 Å². The number of oxazole rings is 1. The first-order chi connectivity index (χ1) is 14.1. The molecule has 0 aliphatic carbocycles. The Kier molecular flexibility index (Phi) is 6.04. The first-order valence-electron chi connectivity index (χ1n) is 8.99. The highest BCUT2D eigenvalue weighted by atomic mass is 19.4. The lowest BCUT2D eigenvalue weighted by molar-refractivity contribution is -0.144. The summed E-state index contributed by atoms with van der Waals surface area (Å²) in [5.41, 5.74) is 2.07. The Morgan fingerprint density at radius 1 is 1.17 bits per heavy atom. The quantitative estimate of drug-likeness (QED) is 0.601. The van der Waals surface area contributed by atoms with Crippen LogP contribution in [0.3, 0.4) is 0 Å². The number of nitrogens with one attached hydrogen (secondary N) is 2. The van der Waals surface area contributed by atoms with Gasteiger partial charge in [0.2, 0.25) is 11.7 Å². The molecule has 2 amide bonds. The number of hydrogen-bond donors (Lipinski definition) is 2. The van der Waals surface area contributed by atoms with Gasteiger partial charge in [-0.1, -0.05) is 0 Å². The minimum Gasteiger partial charge on any atom is -0.436 e. The van der Waals surface area contributed by atoms with Crippen molar-refractivity contribution in [3.05, 3.63) is 47.1 Å². The Balaban J connectivity index is 1.57. The summed E-state index contributed by atoms with van der Waals surface area (Å²) in [6, 6.07) is 1.65.